The molecule has 4 heterocycles. The first kappa shape index (κ1) is 32.2. The van der Waals surface area contributed by atoms with E-state index in [4.69, 9.17) is 4.74 Å². The number of hydrogen-bond donors (Lipinski definition) is 3. The molecule has 2 aliphatic heterocycles. The van der Waals surface area contributed by atoms with Gasteiger partial charge in [-0.3, -0.25) is 9.59 Å². The monoisotopic (exact) mass is 629 g/mol. The molecule has 3 N–H and O–H groups in total. The van der Waals surface area contributed by atoms with Crippen LogP contribution in [0.3, 0.4) is 0 Å². The highest BCUT2D eigenvalue weighted by molar-refractivity contribution is 7.16. The van der Waals surface area contributed by atoms with Gasteiger partial charge in [0, 0.05) is 30.1 Å². The molecule has 1 spiro atoms. The summed E-state index contributed by atoms with van der Waals surface area (Å²) in [6, 6.07) is 7.25. The normalized spacial score (nSPS) is 18.0. The Morgan fingerprint density at radius 3 is 2.37 bits per heavy atom. The summed E-state index contributed by atoms with van der Waals surface area (Å²) in [4.78, 5) is 33.7. The lowest BCUT2D eigenvalue weighted by Gasteiger charge is -2.47. The highest BCUT2D eigenvalue weighted by atomic mass is 32.1. The molecule has 2 fully saturated rings. The number of morpholine rings is 1. The fourth-order valence-corrected chi connectivity index (χ4v) is 8.33. The van der Waals surface area contributed by atoms with Gasteiger partial charge < -0.3 is 29.7 Å². The summed E-state index contributed by atoms with van der Waals surface area (Å²) in [5.41, 5.74) is 0.985. The summed E-state index contributed by atoms with van der Waals surface area (Å²) in [7, 11) is 0. The Bertz CT molecular complexity index is 1390. The van der Waals surface area contributed by atoms with Crippen molar-refractivity contribution >= 4 is 38.8 Å². The SMILES string of the molecule is Cc1ccc(C(=O)N2CCOC3(CCN(CCCCCCCCCCC[C@H](O)c4ccc(O)c5[nH]c(=O)sc45)CC3)C2)s1. The van der Waals surface area contributed by atoms with Crippen molar-refractivity contribution in [3.05, 3.63) is 49.3 Å². The van der Waals surface area contributed by atoms with Crippen LogP contribution in [0.15, 0.2) is 29.1 Å². The Hall–Kier alpha value is -2.24. The predicted octanol–water partition coefficient (Wildman–Crippen LogP) is 6.61. The summed E-state index contributed by atoms with van der Waals surface area (Å²) in [5, 5.41) is 20.6. The fraction of sp³-hybridized carbons (Fsp3) is 0.636. The standard InChI is InChI=1S/C33H47N3O5S2/c1-24-12-15-28(42-24)31(39)36-21-22-41-33(23-36)16-19-35(20-17-33)18-10-8-6-4-2-3-5-7-9-11-26(37)25-13-14-27(38)29-30(25)43-32(40)34-29/h12-15,26,37-38H,2-11,16-23H2,1H3,(H,34,40)/t26-/m0/s1. The number of carbonyl (C=O) groups excluding carboxylic acids is 1. The molecule has 2 saturated heterocycles. The summed E-state index contributed by atoms with van der Waals surface area (Å²) in [5.74, 6) is 0.206. The molecule has 0 unspecified atom stereocenters. The molecule has 8 nitrogen and oxygen atoms in total. The number of H-pyrrole nitrogens is 1. The van der Waals surface area contributed by atoms with Gasteiger partial charge in [-0.05, 0) is 57.4 Å². The van der Waals surface area contributed by atoms with Crippen LogP contribution in [0.5, 0.6) is 5.75 Å². The molecule has 43 heavy (non-hydrogen) atoms. The van der Waals surface area contributed by atoms with Crippen LogP contribution < -0.4 is 4.87 Å². The lowest BCUT2D eigenvalue weighted by atomic mass is 9.89. The van der Waals surface area contributed by atoms with E-state index < -0.39 is 6.10 Å². The van der Waals surface area contributed by atoms with E-state index in [0.29, 0.717) is 29.8 Å². The quantitative estimate of drug-likeness (QED) is 0.173. The number of ether oxygens (including phenoxy) is 1. The van der Waals surface area contributed by atoms with E-state index in [1.807, 2.05) is 24.0 Å². The van der Waals surface area contributed by atoms with Crippen molar-refractivity contribution in [2.75, 3.05) is 39.3 Å². The van der Waals surface area contributed by atoms with E-state index in [1.54, 1.807) is 23.5 Å². The summed E-state index contributed by atoms with van der Waals surface area (Å²) < 4.78 is 6.94. The first-order chi connectivity index (χ1) is 20.8. The number of aliphatic hydroxyl groups excluding tert-OH is 1. The van der Waals surface area contributed by atoms with Gasteiger partial charge in [-0.1, -0.05) is 68.8 Å². The van der Waals surface area contributed by atoms with Crippen molar-refractivity contribution in [1.82, 2.24) is 14.8 Å². The van der Waals surface area contributed by atoms with Gasteiger partial charge in [-0.15, -0.1) is 11.3 Å². The molecule has 1 amide bonds. The fourth-order valence-electron chi connectivity index (χ4n) is 6.58. The van der Waals surface area contributed by atoms with Crippen LogP contribution in [0.2, 0.25) is 0 Å². The highest BCUT2D eigenvalue weighted by Crippen LogP contribution is 2.34. The molecular formula is C33H47N3O5S2. The highest BCUT2D eigenvalue weighted by Gasteiger charge is 2.41. The molecule has 1 atom stereocenters. The molecule has 2 aliphatic rings. The molecule has 236 valence electrons. The lowest BCUT2D eigenvalue weighted by Crippen LogP contribution is -2.58. The minimum atomic E-state index is -0.616. The Morgan fingerprint density at radius 1 is 0.977 bits per heavy atom. The van der Waals surface area contributed by atoms with Crippen molar-refractivity contribution in [1.29, 1.82) is 0 Å². The summed E-state index contributed by atoms with van der Waals surface area (Å²) >= 11 is 2.63. The predicted molar refractivity (Wildman–Crippen MR) is 175 cm³/mol. The number of aromatic hydroxyl groups is 1. The average molecular weight is 630 g/mol. The summed E-state index contributed by atoms with van der Waals surface area (Å²) in [6.07, 6.45) is 12.9. The van der Waals surface area contributed by atoms with Crippen LogP contribution in [0.4, 0.5) is 0 Å². The lowest BCUT2D eigenvalue weighted by molar-refractivity contribution is -0.127. The Kier molecular flexibility index (Phi) is 11.3. The number of thiazole rings is 1. The van der Waals surface area contributed by atoms with Gasteiger partial charge >= 0.3 is 4.87 Å². The number of carbonyl (C=O) groups is 1. The number of nitrogens with zero attached hydrogens (tertiary/aromatic N) is 2. The number of nitrogens with one attached hydrogen (secondary N) is 1. The molecule has 3 aromatic rings. The van der Waals surface area contributed by atoms with Gasteiger partial charge in [0.1, 0.15) is 11.3 Å². The van der Waals surface area contributed by atoms with Gasteiger partial charge in [0.2, 0.25) is 0 Å². The molecule has 1 aromatic carbocycles. The van der Waals surface area contributed by atoms with Crippen molar-refractivity contribution in [3.63, 3.8) is 0 Å². The van der Waals surface area contributed by atoms with Crippen LogP contribution >= 0.6 is 22.7 Å². The van der Waals surface area contributed by atoms with Crippen LogP contribution in [-0.2, 0) is 4.74 Å². The number of phenolic OH excluding ortho intramolecular Hbond substituents is 1. The largest absolute Gasteiger partial charge is 0.506 e. The van der Waals surface area contributed by atoms with Crippen molar-refractivity contribution < 1.29 is 19.7 Å². The number of piperidine rings is 1. The Labute approximate surface area is 262 Å². The van der Waals surface area contributed by atoms with E-state index in [9.17, 15) is 19.8 Å². The van der Waals surface area contributed by atoms with Gasteiger partial charge in [-0.2, -0.15) is 0 Å². The molecule has 0 radical (unpaired) electrons. The third kappa shape index (κ3) is 8.48. The number of aryl methyl sites for hydroxylation is 1. The number of aromatic amines is 1. The molecule has 5 rings (SSSR count). The van der Waals surface area contributed by atoms with Crippen molar-refractivity contribution in [3.8, 4) is 5.75 Å². The van der Waals surface area contributed by atoms with Crippen LogP contribution in [0, 0.1) is 6.92 Å². The second-order valence-electron chi connectivity index (χ2n) is 12.4. The Balaban J connectivity index is 0.883. The van der Waals surface area contributed by atoms with Gasteiger partial charge in [-0.25, -0.2) is 0 Å². The number of phenols is 1. The topological polar surface area (TPSA) is 106 Å². The Morgan fingerprint density at radius 2 is 1.67 bits per heavy atom. The number of aromatic nitrogens is 1. The third-order valence-electron chi connectivity index (χ3n) is 9.15. The second-order valence-corrected chi connectivity index (χ2v) is 14.7. The van der Waals surface area contributed by atoms with Crippen LogP contribution in [0.1, 0.15) is 103 Å². The van der Waals surface area contributed by atoms with E-state index >= 15 is 0 Å². The van der Waals surface area contributed by atoms with Gasteiger partial charge in [0.05, 0.1) is 34.4 Å². The molecule has 0 bridgehead atoms. The van der Waals surface area contributed by atoms with E-state index in [0.717, 1.165) is 73.6 Å². The number of amides is 1. The molecule has 10 heteroatoms. The zero-order valence-corrected chi connectivity index (χ0v) is 27.1. The maximum absolute atomic E-state index is 13.0. The zero-order valence-electron chi connectivity index (χ0n) is 25.4. The third-order valence-corrected chi connectivity index (χ3v) is 11.1. The van der Waals surface area contributed by atoms with E-state index in [-0.39, 0.29) is 22.1 Å². The van der Waals surface area contributed by atoms with Crippen molar-refractivity contribution in [2.45, 2.75) is 95.7 Å². The number of fused-ring (bicyclic) bond motifs is 1. The maximum Gasteiger partial charge on any atom is 0.305 e. The minimum Gasteiger partial charge on any atom is -0.506 e. The van der Waals surface area contributed by atoms with Crippen LogP contribution in [0.25, 0.3) is 10.2 Å². The average Bonchev–Trinajstić information content (AvgIpc) is 3.62. The van der Waals surface area contributed by atoms with Crippen molar-refractivity contribution in [2.24, 2.45) is 0 Å². The number of aliphatic hydroxyl groups is 1. The number of benzene rings is 1. The van der Waals surface area contributed by atoms with E-state index in [2.05, 4.69) is 9.88 Å². The maximum atomic E-state index is 13.0. The number of hydrogen-bond acceptors (Lipinski definition) is 8. The molecular weight excluding hydrogens is 583 g/mol. The number of thiophene rings is 1. The number of unbranched alkanes of at least 4 members (excludes halogenated alkanes) is 8. The second kappa shape index (κ2) is 15.2. The van der Waals surface area contributed by atoms with E-state index in [1.165, 1.54) is 49.8 Å². The summed E-state index contributed by atoms with van der Waals surface area (Å²) in [6.45, 7) is 7.36. The van der Waals surface area contributed by atoms with Gasteiger partial charge in [0.25, 0.3) is 5.91 Å². The first-order valence-corrected chi connectivity index (χ1v) is 17.7. The smallest absolute Gasteiger partial charge is 0.305 e. The van der Waals surface area contributed by atoms with Crippen LogP contribution in [-0.4, -0.2) is 75.8 Å². The number of rotatable bonds is 14. The zero-order chi connectivity index (χ0) is 30.2. The molecule has 2 aromatic heterocycles. The minimum absolute atomic E-state index is 0.0467. The first-order valence-electron chi connectivity index (χ1n) is 16.1. The molecule has 0 aliphatic carbocycles. The van der Waals surface area contributed by atoms with Gasteiger partial charge in [0.15, 0.2) is 0 Å². The molecule has 0 saturated carbocycles. The number of likely N-dealkylation sites (tertiary alicyclic amines) is 1.